The molecule has 2 rings (SSSR count). The topological polar surface area (TPSA) is 17.1 Å². The van der Waals surface area contributed by atoms with E-state index in [9.17, 15) is 4.79 Å². The van der Waals surface area contributed by atoms with Gasteiger partial charge in [-0.3, -0.25) is 4.79 Å². The molecule has 0 spiro atoms. The van der Waals surface area contributed by atoms with E-state index in [0.717, 1.165) is 12.8 Å². The lowest BCUT2D eigenvalue weighted by Crippen LogP contribution is -2.22. The molecule has 1 aliphatic carbocycles. The molecule has 0 atom stereocenters. The molecule has 1 aromatic rings. The van der Waals surface area contributed by atoms with Crippen molar-refractivity contribution in [2.45, 2.75) is 47.0 Å². The predicted molar refractivity (Wildman–Crippen MR) is 75.7 cm³/mol. The monoisotopic (exact) mass is 242 g/mol. The van der Waals surface area contributed by atoms with Crippen molar-refractivity contribution in [3.8, 4) is 0 Å². The van der Waals surface area contributed by atoms with Gasteiger partial charge in [-0.2, -0.15) is 0 Å². The molecule has 0 bridgehead atoms. The molecule has 0 heterocycles. The molecule has 0 saturated carbocycles. The molecule has 0 saturated heterocycles. The first-order valence-corrected chi connectivity index (χ1v) is 6.65. The van der Waals surface area contributed by atoms with Gasteiger partial charge in [0.2, 0.25) is 0 Å². The molecule has 0 N–H and O–H groups in total. The summed E-state index contributed by atoms with van der Waals surface area (Å²) in [5, 5.41) is 0. The number of hydrogen-bond donors (Lipinski definition) is 0. The van der Waals surface area contributed by atoms with Gasteiger partial charge in [-0.1, -0.05) is 37.6 Å². The highest BCUT2D eigenvalue weighted by Gasteiger charge is 2.27. The normalized spacial score (nSPS) is 18.7. The molecule has 0 unspecified atom stereocenters. The summed E-state index contributed by atoms with van der Waals surface area (Å²) in [5.74, 6) is 0.285. The van der Waals surface area contributed by atoms with Gasteiger partial charge in [-0.25, -0.2) is 0 Å². The lowest BCUT2D eigenvalue weighted by molar-refractivity contribution is -0.117. The second-order valence-corrected chi connectivity index (χ2v) is 6.33. The highest BCUT2D eigenvalue weighted by Crippen LogP contribution is 2.35. The Labute approximate surface area is 110 Å². The van der Waals surface area contributed by atoms with Gasteiger partial charge in [-0.05, 0) is 54.9 Å². The van der Waals surface area contributed by atoms with Crippen LogP contribution in [0.3, 0.4) is 0 Å². The van der Waals surface area contributed by atoms with Crippen LogP contribution in [0.4, 0.5) is 0 Å². The van der Waals surface area contributed by atoms with Crippen LogP contribution in [0, 0.1) is 19.3 Å². The van der Waals surface area contributed by atoms with E-state index in [1.165, 1.54) is 22.3 Å². The highest BCUT2D eigenvalue weighted by atomic mass is 16.1. The minimum Gasteiger partial charge on any atom is -0.295 e. The van der Waals surface area contributed by atoms with Crippen LogP contribution in [0.5, 0.6) is 0 Å². The van der Waals surface area contributed by atoms with Crippen molar-refractivity contribution < 1.29 is 4.79 Å². The number of rotatable bonds is 2. The Kier molecular flexibility index (Phi) is 3.43. The summed E-state index contributed by atoms with van der Waals surface area (Å²) in [6, 6.07) is 6.40. The zero-order valence-electron chi connectivity index (χ0n) is 11.8. The Morgan fingerprint density at radius 2 is 1.72 bits per heavy atom. The van der Waals surface area contributed by atoms with E-state index in [2.05, 4.69) is 45.9 Å². The van der Waals surface area contributed by atoms with Crippen LogP contribution in [0.15, 0.2) is 29.8 Å². The Morgan fingerprint density at radius 3 is 2.28 bits per heavy atom. The van der Waals surface area contributed by atoms with E-state index in [1.54, 1.807) is 0 Å². The third kappa shape index (κ3) is 2.90. The van der Waals surface area contributed by atoms with Gasteiger partial charge in [0.05, 0.1) is 0 Å². The average Bonchev–Trinajstić information content (AvgIpc) is 2.21. The maximum absolute atomic E-state index is 11.8. The van der Waals surface area contributed by atoms with E-state index in [1.807, 2.05) is 6.08 Å². The summed E-state index contributed by atoms with van der Waals surface area (Å²) in [6.07, 6.45) is 4.51. The molecule has 0 fully saturated rings. The zero-order valence-corrected chi connectivity index (χ0v) is 11.8. The maximum Gasteiger partial charge on any atom is 0.156 e. The summed E-state index contributed by atoms with van der Waals surface area (Å²) >= 11 is 0. The molecule has 0 amide bonds. The van der Waals surface area contributed by atoms with Crippen molar-refractivity contribution in [1.82, 2.24) is 0 Å². The first-order chi connectivity index (χ1) is 8.37. The van der Waals surface area contributed by atoms with Gasteiger partial charge in [0, 0.05) is 6.42 Å². The molecule has 0 radical (unpaired) electrons. The summed E-state index contributed by atoms with van der Waals surface area (Å²) in [5.41, 5.74) is 5.44. The molecular weight excluding hydrogens is 220 g/mol. The van der Waals surface area contributed by atoms with E-state index >= 15 is 0 Å². The molecule has 1 heteroatoms. The van der Waals surface area contributed by atoms with Crippen LogP contribution in [0.1, 0.15) is 43.4 Å². The molecule has 0 aliphatic heterocycles. The Bertz CT molecular complexity index is 486. The summed E-state index contributed by atoms with van der Waals surface area (Å²) in [4.78, 5) is 11.8. The Hall–Kier alpha value is -1.37. The number of benzene rings is 1. The average molecular weight is 242 g/mol. The number of carbonyl (C=O) groups is 1. The largest absolute Gasteiger partial charge is 0.295 e. The van der Waals surface area contributed by atoms with Crippen molar-refractivity contribution in [2.75, 3.05) is 0 Å². The standard InChI is InChI=1S/C17H22O/c1-12-6-5-7-13(2)16(12)9-14-8-15(18)11-17(3,4)10-14/h5-8H,9-11H2,1-4H3. The third-order valence-corrected chi connectivity index (χ3v) is 3.77. The van der Waals surface area contributed by atoms with Crippen molar-refractivity contribution in [3.63, 3.8) is 0 Å². The lowest BCUT2D eigenvalue weighted by Gasteiger charge is -2.29. The van der Waals surface area contributed by atoms with E-state index < -0.39 is 0 Å². The number of hydrogen-bond acceptors (Lipinski definition) is 1. The van der Waals surface area contributed by atoms with Crippen LogP contribution in [-0.2, 0) is 11.2 Å². The SMILES string of the molecule is Cc1cccc(C)c1CC1=CC(=O)CC(C)(C)C1. The molecule has 1 aromatic carbocycles. The third-order valence-electron chi connectivity index (χ3n) is 3.77. The molecule has 96 valence electrons. The van der Waals surface area contributed by atoms with E-state index in [4.69, 9.17) is 0 Å². The first-order valence-electron chi connectivity index (χ1n) is 6.65. The number of carbonyl (C=O) groups excluding carboxylic acids is 1. The van der Waals surface area contributed by atoms with Gasteiger partial charge in [0.1, 0.15) is 0 Å². The molecule has 1 nitrogen and oxygen atoms in total. The van der Waals surface area contributed by atoms with Crippen molar-refractivity contribution in [1.29, 1.82) is 0 Å². The fourth-order valence-corrected chi connectivity index (χ4v) is 2.95. The van der Waals surface area contributed by atoms with Gasteiger partial charge < -0.3 is 0 Å². The van der Waals surface area contributed by atoms with Gasteiger partial charge >= 0.3 is 0 Å². The maximum atomic E-state index is 11.8. The molecule has 0 aromatic heterocycles. The van der Waals surface area contributed by atoms with Crippen LogP contribution in [-0.4, -0.2) is 5.78 Å². The van der Waals surface area contributed by atoms with Crippen molar-refractivity contribution in [3.05, 3.63) is 46.5 Å². The van der Waals surface area contributed by atoms with Gasteiger partial charge in [0.25, 0.3) is 0 Å². The van der Waals surface area contributed by atoms with Crippen LogP contribution < -0.4 is 0 Å². The fourth-order valence-electron chi connectivity index (χ4n) is 2.95. The van der Waals surface area contributed by atoms with E-state index in [0.29, 0.717) is 6.42 Å². The quantitative estimate of drug-likeness (QED) is 0.761. The smallest absolute Gasteiger partial charge is 0.156 e. The molecular formula is C17H22O. The molecule has 1 aliphatic rings. The fraction of sp³-hybridized carbons (Fsp3) is 0.471. The zero-order chi connectivity index (χ0) is 13.3. The minimum absolute atomic E-state index is 0.123. The second kappa shape index (κ2) is 4.72. The van der Waals surface area contributed by atoms with Crippen molar-refractivity contribution >= 4 is 5.78 Å². The first kappa shape index (κ1) is 13.1. The van der Waals surface area contributed by atoms with Crippen LogP contribution in [0.2, 0.25) is 0 Å². The molecule has 18 heavy (non-hydrogen) atoms. The van der Waals surface area contributed by atoms with Gasteiger partial charge in [0.15, 0.2) is 5.78 Å². The Balaban J connectivity index is 2.27. The van der Waals surface area contributed by atoms with Crippen LogP contribution in [0.25, 0.3) is 0 Å². The van der Waals surface area contributed by atoms with Crippen molar-refractivity contribution in [2.24, 2.45) is 5.41 Å². The highest BCUT2D eigenvalue weighted by molar-refractivity contribution is 5.91. The van der Waals surface area contributed by atoms with Gasteiger partial charge in [-0.15, -0.1) is 0 Å². The summed E-state index contributed by atoms with van der Waals surface area (Å²) in [7, 11) is 0. The summed E-state index contributed by atoms with van der Waals surface area (Å²) in [6.45, 7) is 8.67. The van der Waals surface area contributed by atoms with Crippen LogP contribution >= 0.6 is 0 Å². The summed E-state index contributed by atoms with van der Waals surface area (Å²) < 4.78 is 0. The van der Waals surface area contributed by atoms with E-state index in [-0.39, 0.29) is 11.2 Å². The number of ketones is 1. The predicted octanol–water partition coefficient (Wildman–Crippen LogP) is 4.16. The minimum atomic E-state index is 0.123. The Morgan fingerprint density at radius 1 is 1.11 bits per heavy atom. The number of aryl methyl sites for hydroxylation is 2. The second-order valence-electron chi connectivity index (χ2n) is 6.33. The lowest BCUT2D eigenvalue weighted by atomic mass is 9.75. The number of allylic oxidation sites excluding steroid dienone is 2.